The first-order valence-electron chi connectivity index (χ1n) is 9.15. The van der Waals surface area contributed by atoms with Crippen molar-refractivity contribution in [3.8, 4) is 0 Å². The van der Waals surface area contributed by atoms with Gasteiger partial charge in [0.1, 0.15) is 0 Å². The van der Waals surface area contributed by atoms with Crippen LogP contribution in [0.1, 0.15) is 38.5 Å². The molecule has 0 aromatic rings. The number of carbonyl (C=O) groups excluding carboxylic acids is 1. The Morgan fingerprint density at radius 3 is 2.16 bits per heavy atom. The Balaban J connectivity index is 1.44. The molecule has 7 rings (SSSR count). The minimum Gasteiger partial charge on any atom is -0.457 e. The summed E-state index contributed by atoms with van der Waals surface area (Å²) in [5, 5.41) is -4.46. The first-order valence-corrected chi connectivity index (χ1v) is 10.6. The number of alkyl halides is 2. The van der Waals surface area contributed by atoms with E-state index in [-0.39, 0.29) is 11.8 Å². The van der Waals surface area contributed by atoms with E-state index in [2.05, 4.69) is 0 Å². The van der Waals surface area contributed by atoms with Gasteiger partial charge >= 0.3 is 21.3 Å². The van der Waals surface area contributed by atoms with E-state index < -0.39 is 33.4 Å². The largest absolute Gasteiger partial charge is 0.457 e. The molecular formula is C17H22F2O5S. The lowest BCUT2D eigenvalue weighted by molar-refractivity contribution is -0.260. The Bertz CT molecular complexity index is 711. The maximum Gasteiger partial charge on any atom is 0.402 e. The van der Waals surface area contributed by atoms with Crippen LogP contribution in [-0.4, -0.2) is 30.8 Å². The van der Waals surface area contributed by atoms with E-state index in [9.17, 15) is 22.0 Å². The molecule has 8 bridgehead atoms. The molecule has 7 fully saturated rings. The molecule has 0 aromatic heterocycles. The summed E-state index contributed by atoms with van der Waals surface area (Å²) in [5.41, 5.74) is -0.695. The molecule has 7 unspecified atom stereocenters. The van der Waals surface area contributed by atoms with Gasteiger partial charge in [0, 0.05) is 0 Å². The number of rotatable bonds is 4. The van der Waals surface area contributed by atoms with Gasteiger partial charge in [-0.3, -0.25) is 9.35 Å². The zero-order valence-electron chi connectivity index (χ0n) is 13.7. The van der Waals surface area contributed by atoms with Crippen molar-refractivity contribution in [1.82, 2.24) is 0 Å². The van der Waals surface area contributed by atoms with Crippen LogP contribution >= 0.6 is 0 Å². The average molecular weight is 376 g/mol. The summed E-state index contributed by atoms with van der Waals surface area (Å²) in [6.45, 7) is -1.60. The molecule has 7 aliphatic carbocycles. The van der Waals surface area contributed by atoms with Crippen LogP contribution in [0.25, 0.3) is 0 Å². The molecule has 0 saturated heterocycles. The van der Waals surface area contributed by atoms with Gasteiger partial charge in [-0.25, -0.2) is 0 Å². The number of esters is 1. The SMILES string of the molecule is O=C(OCC(F)(F)S(=O)(=O)O)C12CC3CC4C5CC(CC41)CC2[C@@H]5C3. The molecule has 25 heavy (non-hydrogen) atoms. The lowest BCUT2D eigenvalue weighted by Crippen LogP contribution is -2.70. The van der Waals surface area contributed by atoms with E-state index in [1.807, 2.05) is 0 Å². The number of hydrogen-bond acceptors (Lipinski definition) is 4. The third kappa shape index (κ3) is 1.95. The molecule has 0 amide bonds. The molecule has 0 aliphatic heterocycles. The zero-order chi connectivity index (χ0) is 17.8. The predicted octanol–water partition coefficient (Wildman–Crippen LogP) is 2.72. The first kappa shape index (κ1) is 16.4. The van der Waals surface area contributed by atoms with Gasteiger partial charge in [-0.05, 0) is 80.0 Å². The van der Waals surface area contributed by atoms with Crippen LogP contribution in [0.5, 0.6) is 0 Å². The van der Waals surface area contributed by atoms with Crippen molar-refractivity contribution < 1.29 is 31.3 Å². The lowest BCUT2D eigenvalue weighted by atomic mass is 9.31. The molecule has 0 radical (unpaired) electrons. The summed E-state index contributed by atoms with van der Waals surface area (Å²) in [5.74, 6) is 2.54. The fourth-order valence-electron chi connectivity index (χ4n) is 7.70. The fourth-order valence-corrected chi connectivity index (χ4v) is 7.91. The molecular weight excluding hydrogens is 354 g/mol. The molecule has 7 saturated carbocycles. The smallest absolute Gasteiger partial charge is 0.402 e. The van der Waals surface area contributed by atoms with E-state index in [0.717, 1.165) is 25.7 Å². The Kier molecular flexibility index (Phi) is 3.11. The second-order valence-corrected chi connectivity index (χ2v) is 10.6. The van der Waals surface area contributed by atoms with Crippen molar-refractivity contribution in [3.05, 3.63) is 0 Å². The Labute approximate surface area is 145 Å². The predicted molar refractivity (Wildman–Crippen MR) is 82.0 cm³/mol. The zero-order valence-corrected chi connectivity index (χ0v) is 14.6. The monoisotopic (exact) mass is 376 g/mol. The summed E-state index contributed by atoms with van der Waals surface area (Å²) in [4.78, 5) is 13.0. The minimum absolute atomic E-state index is 0.203. The van der Waals surface area contributed by atoms with Crippen LogP contribution in [0.4, 0.5) is 8.78 Å². The van der Waals surface area contributed by atoms with Gasteiger partial charge < -0.3 is 4.74 Å². The van der Waals surface area contributed by atoms with Crippen LogP contribution in [0.2, 0.25) is 0 Å². The maximum absolute atomic E-state index is 13.5. The first-order chi connectivity index (χ1) is 11.6. The molecule has 7 aliphatic rings. The number of carbonyl (C=O) groups is 1. The van der Waals surface area contributed by atoms with Gasteiger partial charge in [0.25, 0.3) is 0 Å². The molecule has 0 heterocycles. The highest BCUT2D eigenvalue weighted by molar-refractivity contribution is 7.86. The summed E-state index contributed by atoms with van der Waals surface area (Å²) in [7, 11) is -5.58. The second kappa shape index (κ2) is 4.74. The van der Waals surface area contributed by atoms with Crippen molar-refractivity contribution >= 4 is 16.1 Å². The number of hydrogen-bond donors (Lipinski definition) is 1. The van der Waals surface area contributed by atoms with Gasteiger partial charge in [-0.1, -0.05) is 0 Å². The van der Waals surface area contributed by atoms with Crippen LogP contribution < -0.4 is 0 Å². The third-order valence-corrected chi connectivity index (χ3v) is 9.08. The van der Waals surface area contributed by atoms with E-state index in [0.29, 0.717) is 36.0 Å². The molecule has 8 atom stereocenters. The van der Waals surface area contributed by atoms with Gasteiger partial charge in [0.05, 0.1) is 5.41 Å². The summed E-state index contributed by atoms with van der Waals surface area (Å²) in [6.07, 6.45) is 6.18. The Morgan fingerprint density at radius 2 is 1.60 bits per heavy atom. The maximum atomic E-state index is 13.5. The van der Waals surface area contributed by atoms with Gasteiger partial charge in [-0.2, -0.15) is 17.2 Å². The van der Waals surface area contributed by atoms with Crippen molar-refractivity contribution in [2.24, 2.45) is 46.8 Å². The van der Waals surface area contributed by atoms with Crippen molar-refractivity contribution in [3.63, 3.8) is 0 Å². The summed E-state index contributed by atoms with van der Waals surface area (Å²) < 4.78 is 62.1. The van der Waals surface area contributed by atoms with Gasteiger partial charge in [0.15, 0.2) is 6.61 Å². The molecule has 0 spiro atoms. The Hall–Kier alpha value is -0.760. The minimum atomic E-state index is -5.58. The van der Waals surface area contributed by atoms with Crippen molar-refractivity contribution in [2.75, 3.05) is 6.61 Å². The molecule has 8 heteroatoms. The van der Waals surface area contributed by atoms with E-state index in [1.165, 1.54) is 6.42 Å². The van der Waals surface area contributed by atoms with Crippen LogP contribution in [0.15, 0.2) is 0 Å². The highest BCUT2D eigenvalue weighted by Gasteiger charge is 2.73. The molecule has 0 aromatic carbocycles. The Morgan fingerprint density at radius 1 is 1.04 bits per heavy atom. The summed E-state index contributed by atoms with van der Waals surface area (Å²) in [6, 6.07) is 0. The third-order valence-electron chi connectivity index (χ3n) is 8.20. The quantitative estimate of drug-likeness (QED) is 0.603. The highest BCUT2D eigenvalue weighted by atomic mass is 32.2. The van der Waals surface area contributed by atoms with Crippen LogP contribution in [0, 0.1) is 46.8 Å². The summed E-state index contributed by atoms with van der Waals surface area (Å²) >= 11 is 0. The highest BCUT2D eigenvalue weighted by Crippen LogP contribution is 2.76. The second-order valence-electron chi connectivity index (χ2n) is 9.05. The number of halogens is 2. The topological polar surface area (TPSA) is 80.7 Å². The molecule has 1 N–H and O–H groups in total. The van der Waals surface area contributed by atoms with E-state index >= 15 is 0 Å². The molecule has 140 valence electrons. The van der Waals surface area contributed by atoms with Gasteiger partial charge in [0.2, 0.25) is 0 Å². The van der Waals surface area contributed by atoms with Crippen molar-refractivity contribution in [2.45, 2.75) is 43.8 Å². The van der Waals surface area contributed by atoms with Gasteiger partial charge in [-0.15, -0.1) is 0 Å². The van der Waals surface area contributed by atoms with Crippen molar-refractivity contribution in [1.29, 1.82) is 0 Å². The normalized spacial score (nSPS) is 49.6. The lowest BCUT2D eigenvalue weighted by Gasteiger charge is -2.73. The molecule has 5 nitrogen and oxygen atoms in total. The van der Waals surface area contributed by atoms with Crippen LogP contribution in [-0.2, 0) is 19.6 Å². The van der Waals surface area contributed by atoms with Crippen LogP contribution in [0.3, 0.4) is 0 Å². The average Bonchev–Trinajstić information content (AvgIpc) is 2.55. The van der Waals surface area contributed by atoms with E-state index in [4.69, 9.17) is 9.29 Å². The number of ether oxygens (including phenoxy) is 1. The standard InChI is InChI=1S/C17H22F2O5S/c18-17(19,25(21,22)23)7-24-15(20)16-6-9-2-11-10-1-8(4-13(11)16)5-14(16)12(10)3-9/h8-14H,1-7H2,(H,21,22,23)/t8?,9?,10?,11-,12?,13?,14?,16?/m1/s1. The van der Waals surface area contributed by atoms with E-state index in [1.54, 1.807) is 0 Å². The fraction of sp³-hybridized carbons (Fsp3) is 0.941.